The summed E-state index contributed by atoms with van der Waals surface area (Å²) in [6, 6.07) is 0. The lowest BCUT2D eigenvalue weighted by molar-refractivity contribution is 0.911. The van der Waals surface area contributed by atoms with Gasteiger partial charge in [0.05, 0.1) is 0 Å². The van der Waals surface area contributed by atoms with Crippen LogP contribution in [0.3, 0.4) is 0 Å². The number of rotatable bonds is 4. The van der Waals surface area contributed by atoms with Crippen LogP contribution in [0.15, 0.2) is 35.5 Å². The van der Waals surface area contributed by atoms with E-state index in [2.05, 4.69) is 38.2 Å². The van der Waals surface area contributed by atoms with Crippen molar-refractivity contribution in [2.75, 3.05) is 0 Å². The van der Waals surface area contributed by atoms with Gasteiger partial charge in [0.2, 0.25) is 0 Å². The Morgan fingerprint density at radius 2 is 2.00 bits per heavy atom. The first-order chi connectivity index (χ1) is 6.34. The number of allylic oxidation sites excluding steroid dienone is 6. The van der Waals surface area contributed by atoms with Crippen LogP contribution in [0.4, 0.5) is 0 Å². The molecule has 0 radical (unpaired) electrons. The first-order valence-corrected chi connectivity index (χ1v) is 5.35. The molecule has 0 spiro atoms. The maximum atomic E-state index is 2.40. The Balaban J connectivity index is 2.32. The van der Waals surface area contributed by atoms with Crippen LogP contribution in [-0.4, -0.2) is 0 Å². The fourth-order valence-electron chi connectivity index (χ4n) is 1.67. The highest BCUT2D eigenvalue weighted by Gasteiger charge is 2.02. The first-order valence-electron chi connectivity index (χ1n) is 5.35. The summed E-state index contributed by atoms with van der Waals surface area (Å²) in [5, 5.41) is 0. The van der Waals surface area contributed by atoms with Crippen LogP contribution in [-0.2, 0) is 0 Å². The quantitative estimate of drug-likeness (QED) is 0.557. The second-order valence-electron chi connectivity index (χ2n) is 3.61. The molecule has 0 saturated heterocycles. The molecule has 1 rings (SSSR count). The molecule has 0 aromatic heterocycles. The van der Waals surface area contributed by atoms with E-state index in [9.17, 15) is 0 Å². The van der Waals surface area contributed by atoms with Crippen LogP contribution in [0.5, 0.6) is 0 Å². The van der Waals surface area contributed by atoms with Gasteiger partial charge in [-0.3, -0.25) is 0 Å². The van der Waals surface area contributed by atoms with Crippen LogP contribution in [0.2, 0.25) is 0 Å². The lowest BCUT2D eigenvalue weighted by atomic mass is 9.95. The highest BCUT2D eigenvalue weighted by atomic mass is 14.1. The smallest absolute Gasteiger partial charge is 0.0245 e. The van der Waals surface area contributed by atoms with Crippen LogP contribution in [0.1, 0.15) is 46.0 Å². The van der Waals surface area contributed by atoms with Crippen molar-refractivity contribution in [3.8, 4) is 0 Å². The molecule has 0 nitrogen and oxygen atoms in total. The average Bonchev–Trinajstić information content (AvgIpc) is 2.15. The van der Waals surface area contributed by atoms with Crippen LogP contribution in [0.25, 0.3) is 0 Å². The van der Waals surface area contributed by atoms with Crippen molar-refractivity contribution in [3.05, 3.63) is 35.5 Å². The summed E-state index contributed by atoms with van der Waals surface area (Å²) >= 11 is 0. The van der Waals surface area contributed by atoms with Gasteiger partial charge in [0.15, 0.2) is 0 Å². The molecular formula is C13H20. The molecule has 0 heteroatoms. The van der Waals surface area contributed by atoms with E-state index in [-0.39, 0.29) is 0 Å². The lowest BCUT2D eigenvalue weighted by Gasteiger charge is -2.11. The van der Waals surface area contributed by atoms with Crippen molar-refractivity contribution in [2.45, 2.75) is 46.0 Å². The summed E-state index contributed by atoms with van der Waals surface area (Å²) in [6.45, 7) is 4.41. The molecule has 0 bridgehead atoms. The van der Waals surface area contributed by atoms with Crippen molar-refractivity contribution >= 4 is 0 Å². The number of hydrogen-bond donors (Lipinski definition) is 0. The molecule has 1 aliphatic carbocycles. The monoisotopic (exact) mass is 176 g/mol. The van der Waals surface area contributed by atoms with Gasteiger partial charge in [-0.2, -0.15) is 0 Å². The molecule has 72 valence electrons. The summed E-state index contributed by atoms with van der Waals surface area (Å²) in [5.74, 6) is 0. The van der Waals surface area contributed by atoms with E-state index in [0.29, 0.717) is 0 Å². The topological polar surface area (TPSA) is 0 Å². The molecule has 0 saturated carbocycles. The molecule has 0 unspecified atom stereocenters. The minimum absolute atomic E-state index is 1.16. The zero-order valence-corrected chi connectivity index (χ0v) is 8.84. The zero-order chi connectivity index (χ0) is 9.52. The van der Waals surface area contributed by atoms with Crippen molar-refractivity contribution in [1.29, 1.82) is 0 Å². The Labute approximate surface area is 82.0 Å². The van der Waals surface area contributed by atoms with Gasteiger partial charge >= 0.3 is 0 Å². The third-order valence-corrected chi connectivity index (χ3v) is 2.50. The van der Waals surface area contributed by atoms with Crippen LogP contribution >= 0.6 is 0 Å². The summed E-state index contributed by atoms with van der Waals surface area (Å²) in [5.41, 5.74) is 3.06. The highest BCUT2D eigenvalue weighted by Crippen LogP contribution is 2.22. The largest absolute Gasteiger partial charge is 0.0888 e. The molecule has 0 atom stereocenters. The van der Waals surface area contributed by atoms with E-state index in [1.54, 1.807) is 5.57 Å². The maximum absolute atomic E-state index is 2.40. The minimum atomic E-state index is 1.16. The SMILES string of the molecule is CC/C=C\CCC1=CCCC=C1C. The van der Waals surface area contributed by atoms with Gasteiger partial charge in [0, 0.05) is 0 Å². The predicted octanol–water partition coefficient (Wildman–Crippen LogP) is 4.40. The molecule has 0 amide bonds. The number of hydrogen-bond acceptors (Lipinski definition) is 0. The van der Waals surface area contributed by atoms with Gasteiger partial charge in [-0.05, 0) is 44.6 Å². The van der Waals surface area contributed by atoms with E-state index < -0.39 is 0 Å². The lowest BCUT2D eigenvalue weighted by Crippen LogP contribution is -1.91. The van der Waals surface area contributed by atoms with Crippen molar-refractivity contribution < 1.29 is 0 Å². The molecule has 0 aliphatic heterocycles. The normalized spacial score (nSPS) is 17.4. The van der Waals surface area contributed by atoms with Crippen molar-refractivity contribution in [1.82, 2.24) is 0 Å². The van der Waals surface area contributed by atoms with E-state index in [1.807, 2.05) is 0 Å². The first kappa shape index (κ1) is 10.3. The van der Waals surface area contributed by atoms with Gasteiger partial charge in [-0.15, -0.1) is 0 Å². The summed E-state index contributed by atoms with van der Waals surface area (Å²) in [6.07, 6.45) is 15.4. The minimum Gasteiger partial charge on any atom is -0.0888 e. The Bertz CT molecular complexity index is 228. The van der Waals surface area contributed by atoms with Gasteiger partial charge in [-0.25, -0.2) is 0 Å². The van der Waals surface area contributed by atoms with Gasteiger partial charge in [0.1, 0.15) is 0 Å². The van der Waals surface area contributed by atoms with Crippen LogP contribution < -0.4 is 0 Å². The maximum Gasteiger partial charge on any atom is -0.0245 e. The fraction of sp³-hybridized carbons (Fsp3) is 0.538. The second-order valence-corrected chi connectivity index (χ2v) is 3.61. The molecular weight excluding hydrogens is 156 g/mol. The van der Waals surface area contributed by atoms with Gasteiger partial charge in [0.25, 0.3) is 0 Å². The molecule has 0 N–H and O–H groups in total. The van der Waals surface area contributed by atoms with Crippen molar-refractivity contribution in [3.63, 3.8) is 0 Å². The van der Waals surface area contributed by atoms with Crippen molar-refractivity contribution in [2.24, 2.45) is 0 Å². The van der Waals surface area contributed by atoms with E-state index >= 15 is 0 Å². The molecule has 1 aliphatic rings. The average molecular weight is 176 g/mol. The molecule has 13 heavy (non-hydrogen) atoms. The summed E-state index contributed by atoms with van der Waals surface area (Å²) < 4.78 is 0. The van der Waals surface area contributed by atoms with E-state index in [4.69, 9.17) is 0 Å². The molecule has 0 aromatic rings. The molecule has 0 heterocycles. The van der Waals surface area contributed by atoms with Gasteiger partial charge in [-0.1, -0.05) is 36.8 Å². The summed E-state index contributed by atoms with van der Waals surface area (Å²) in [7, 11) is 0. The van der Waals surface area contributed by atoms with Gasteiger partial charge < -0.3 is 0 Å². The predicted molar refractivity (Wildman–Crippen MR) is 59.7 cm³/mol. The Kier molecular flexibility index (Phi) is 4.59. The second kappa shape index (κ2) is 5.80. The highest BCUT2D eigenvalue weighted by molar-refractivity contribution is 5.31. The van der Waals surface area contributed by atoms with Crippen LogP contribution in [0, 0.1) is 0 Å². The Morgan fingerprint density at radius 1 is 1.23 bits per heavy atom. The third-order valence-electron chi connectivity index (χ3n) is 2.50. The zero-order valence-electron chi connectivity index (χ0n) is 8.84. The third kappa shape index (κ3) is 3.63. The summed E-state index contributed by atoms with van der Waals surface area (Å²) in [4.78, 5) is 0. The molecule has 0 fully saturated rings. The molecule has 0 aromatic carbocycles. The fourth-order valence-corrected chi connectivity index (χ4v) is 1.67. The standard InChI is InChI=1S/C13H20/c1-3-4-5-6-10-13-11-8-7-9-12(13)2/h4-5,9,11H,3,6-8,10H2,1-2H3/b5-4-. The Hall–Kier alpha value is -0.780. The Morgan fingerprint density at radius 3 is 2.69 bits per heavy atom. The van der Waals surface area contributed by atoms with E-state index in [1.165, 1.54) is 31.3 Å². The van der Waals surface area contributed by atoms with E-state index in [0.717, 1.165) is 6.42 Å².